The zero-order chi connectivity index (χ0) is 14.0. The van der Waals surface area contributed by atoms with Gasteiger partial charge in [0.05, 0.1) is 5.69 Å². The Kier molecular flexibility index (Phi) is 4.27. The van der Waals surface area contributed by atoms with Gasteiger partial charge in [-0.25, -0.2) is 4.98 Å². The lowest BCUT2D eigenvalue weighted by molar-refractivity contribution is 0.807. The first-order valence-electron chi connectivity index (χ1n) is 6.23. The van der Waals surface area contributed by atoms with E-state index in [1.807, 2.05) is 21.1 Å². The molecule has 0 fully saturated rings. The topological polar surface area (TPSA) is 47.1 Å². The molecule has 19 heavy (non-hydrogen) atoms. The highest BCUT2D eigenvalue weighted by Crippen LogP contribution is 2.26. The van der Waals surface area contributed by atoms with Gasteiger partial charge < -0.3 is 15.2 Å². The number of halogens is 1. The molecule has 0 saturated heterocycles. The molecule has 0 aliphatic carbocycles. The van der Waals surface area contributed by atoms with Gasteiger partial charge >= 0.3 is 0 Å². The van der Waals surface area contributed by atoms with Crippen LogP contribution in [-0.4, -0.2) is 30.2 Å². The molecular formula is C14H19BrN4. The van der Waals surface area contributed by atoms with Gasteiger partial charge in [-0.3, -0.25) is 0 Å². The minimum Gasteiger partial charge on any atom is -0.378 e. The first kappa shape index (κ1) is 14.1. The average Bonchev–Trinajstić information content (AvgIpc) is 2.67. The number of benzene rings is 1. The molecule has 0 radical (unpaired) electrons. The molecule has 4 nitrogen and oxygen atoms in total. The van der Waals surface area contributed by atoms with Gasteiger partial charge in [-0.05, 0) is 46.7 Å². The number of nitrogens with zero attached hydrogens (tertiary/aromatic N) is 3. The standard InChI is InChI=1S/C14H19BrN4/c1-18(2)11-6-4-10(5-7-11)14-17-13(15)12(8-9-16)19(14)3/h4-7H,8-9,16H2,1-3H3. The van der Waals surface area contributed by atoms with Gasteiger partial charge in [0.15, 0.2) is 0 Å². The maximum atomic E-state index is 5.63. The van der Waals surface area contributed by atoms with Gasteiger partial charge in [0, 0.05) is 38.8 Å². The van der Waals surface area contributed by atoms with E-state index >= 15 is 0 Å². The van der Waals surface area contributed by atoms with Crippen molar-refractivity contribution in [3.63, 3.8) is 0 Å². The molecule has 0 amide bonds. The summed E-state index contributed by atoms with van der Waals surface area (Å²) in [5.74, 6) is 0.959. The van der Waals surface area contributed by atoms with Crippen LogP contribution in [0.1, 0.15) is 5.69 Å². The van der Waals surface area contributed by atoms with Crippen molar-refractivity contribution in [2.45, 2.75) is 6.42 Å². The Balaban J connectivity index is 2.39. The SMILES string of the molecule is CN(C)c1ccc(-c2nc(Br)c(CCN)n2C)cc1. The average molecular weight is 323 g/mol. The fraction of sp³-hybridized carbons (Fsp3) is 0.357. The van der Waals surface area contributed by atoms with Crippen LogP contribution in [0.4, 0.5) is 5.69 Å². The normalized spacial score (nSPS) is 10.8. The van der Waals surface area contributed by atoms with Gasteiger partial charge in [-0.15, -0.1) is 0 Å². The first-order valence-corrected chi connectivity index (χ1v) is 7.02. The minimum absolute atomic E-state index is 0.622. The van der Waals surface area contributed by atoms with Crippen molar-refractivity contribution in [2.24, 2.45) is 12.8 Å². The van der Waals surface area contributed by atoms with Crippen LogP contribution in [0.25, 0.3) is 11.4 Å². The van der Waals surface area contributed by atoms with E-state index in [9.17, 15) is 0 Å². The van der Waals surface area contributed by atoms with E-state index < -0.39 is 0 Å². The Morgan fingerprint density at radius 3 is 2.42 bits per heavy atom. The third kappa shape index (κ3) is 2.82. The Labute approximate surface area is 122 Å². The van der Waals surface area contributed by atoms with Crippen molar-refractivity contribution in [3.8, 4) is 11.4 Å². The summed E-state index contributed by atoms with van der Waals surface area (Å²) in [6.07, 6.45) is 0.819. The van der Waals surface area contributed by atoms with Crippen LogP contribution in [0.2, 0.25) is 0 Å². The third-order valence-corrected chi connectivity index (χ3v) is 3.82. The highest BCUT2D eigenvalue weighted by molar-refractivity contribution is 9.10. The summed E-state index contributed by atoms with van der Waals surface area (Å²) in [4.78, 5) is 6.67. The number of hydrogen-bond acceptors (Lipinski definition) is 3. The summed E-state index contributed by atoms with van der Waals surface area (Å²) in [7, 11) is 6.09. The van der Waals surface area contributed by atoms with Crippen molar-refractivity contribution in [3.05, 3.63) is 34.6 Å². The van der Waals surface area contributed by atoms with Gasteiger partial charge in [0.1, 0.15) is 10.4 Å². The molecule has 2 N–H and O–H groups in total. The van der Waals surface area contributed by atoms with E-state index in [-0.39, 0.29) is 0 Å². The van der Waals surface area contributed by atoms with Crippen molar-refractivity contribution in [2.75, 3.05) is 25.5 Å². The number of rotatable bonds is 4. The lowest BCUT2D eigenvalue weighted by Gasteiger charge is -2.12. The lowest BCUT2D eigenvalue weighted by Crippen LogP contribution is -2.08. The van der Waals surface area contributed by atoms with Gasteiger partial charge in [-0.2, -0.15) is 0 Å². The Hall–Kier alpha value is -1.33. The van der Waals surface area contributed by atoms with Gasteiger partial charge in [0.2, 0.25) is 0 Å². The predicted octanol–water partition coefficient (Wildman–Crippen LogP) is 2.42. The minimum atomic E-state index is 0.622. The molecule has 0 aliphatic heterocycles. The first-order chi connectivity index (χ1) is 9.04. The highest BCUT2D eigenvalue weighted by Gasteiger charge is 2.13. The van der Waals surface area contributed by atoms with Crippen LogP contribution in [0.15, 0.2) is 28.9 Å². The summed E-state index contributed by atoms with van der Waals surface area (Å²) >= 11 is 3.51. The van der Waals surface area contributed by atoms with E-state index in [2.05, 4.69) is 54.6 Å². The van der Waals surface area contributed by atoms with Crippen LogP contribution in [0, 0.1) is 0 Å². The highest BCUT2D eigenvalue weighted by atomic mass is 79.9. The maximum Gasteiger partial charge on any atom is 0.141 e. The molecule has 2 rings (SSSR count). The maximum absolute atomic E-state index is 5.63. The zero-order valence-electron chi connectivity index (χ0n) is 11.5. The van der Waals surface area contributed by atoms with Crippen LogP contribution < -0.4 is 10.6 Å². The van der Waals surface area contributed by atoms with E-state index in [0.717, 1.165) is 28.1 Å². The van der Waals surface area contributed by atoms with Crippen molar-refractivity contribution in [1.82, 2.24) is 9.55 Å². The Bertz CT molecular complexity index is 558. The third-order valence-electron chi connectivity index (χ3n) is 3.19. The summed E-state index contributed by atoms with van der Waals surface area (Å²) in [5, 5.41) is 0. The smallest absolute Gasteiger partial charge is 0.141 e. The molecule has 1 heterocycles. The van der Waals surface area contributed by atoms with Crippen LogP contribution >= 0.6 is 15.9 Å². The molecule has 0 spiro atoms. The number of nitrogens with two attached hydrogens (primary N) is 1. The number of anilines is 1. The van der Waals surface area contributed by atoms with Crippen LogP contribution in [-0.2, 0) is 13.5 Å². The monoisotopic (exact) mass is 322 g/mol. The summed E-state index contributed by atoms with van der Waals surface area (Å²) in [5.41, 5.74) is 9.05. The molecule has 102 valence electrons. The van der Waals surface area contributed by atoms with Crippen molar-refractivity contribution >= 4 is 21.6 Å². The molecule has 0 saturated carbocycles. The second-order valence-corrected chi connectivity index (χ2v) is 5.46. The molecule has 0 bridgehead atoms. The number of hydrogen-bond donors (Lipinski definition) is 1. The number of aromatic nitrogens is 2. The molecular weight excluding hydrogens is 304 g/mol. The van der Waals surface area contributed by atoms with Crippen LogP contribution in [0.5, 0.6) is 0 Å². The molecule has 5 heteroatoms. The summed E-state index contributed by atoms with van der Waals surface area (Å²) in [6, 6.07) is 8.38. The van der Waals surface area contributed by atoms with E-state index in [4.69, 9.17) is 5.73 Å². The Morgan fingerprint density at radius 1 is 1.26 bits per heavy atom. The van der Waals surface area contributed by atoms with Gasteiger partial charge in [0.25, 0.3) is 0 Å². The second-order valence-electron chi connectivity index (χ2n) is 4.71. The number of imidazole rings is 1. The lowest BCUT2D eigenvalue weighted by atomic mass is 10.2. The largest absolute Gasteiger partial charge is 0.378 e. The molecule has 2 aromatic rings. The second kappa shape index (κ2) is 5.75. The van der Waals surface area contributed by atoms with Crippen LogP contribution in [0.3, 0.4) is 0 Å². The van der Waals surface area contributed by atoms with Crippen molar-refractivity contribution in [1.29, 1.82) is 0 Å². The molecule has 1 aromatic heterocycles. The molecule has 0 atom stereocenters. The summed E-state index contributed by atoms with van der Waals surface area (Å²) < 4.78 is 2.98. The quantitative estimate of drug-likeness (QED) is 0.940. The summed E-state index contributed by atoms with van der Waals surface area (Å²) in [6.45, 7) is 0.622. The zero-order valence-corrected chi connectivity index (χ0v) is 13.1. The van der Waals surface area contributed by atoms with E-state index in [1.54, 1.807) is 0 Å². The Morgan fingerprint density at radius 2 is 1.89 bits per heavy atom. The molecule has 0 aliphatic rings. The molecule has 0 unspecified atom stereocenters. The predicted molar refractivity (Wildman–Crippen MR) is 83.4 cm³/mol. The van der Waals surface area contributed by atoms with Gasteiger partial charge in [-0.1, -0.05) is 0 Å². The van der Waals surface area contributed by atoms with Crippen molar-refractivity contribution < 1.29 is 0 Å². The fourth-order valence-corrected chi connectivity index (χ4v) is 2.71. The van der Waals surface area contributed by atoms with E-state index in [0.29, 0.717) is 6.54 Å². The fourth-order valence-electron chi connectivity index (χ4n) is 2.07. The van der Waals surface area contributed by atoms with E-state index in [1.165, 1.54) is 5.69 Å². The molecule has 1 aromatic carbocycles.